The summed E-state index contributed by atoms with van der Waals surface area (Å²) in [6.45, 7) is 4.49. The number of benzene rings is 1. The quantitative estimate of drug-likeness (QED) is 0.674. The summed E-state index contributed by atoms with van der Waals surface area (Å²) in [7, 11) is -2.96. The molecule has 0 unspecified atom stereocenters. The van der Waals surface area contributed by atoms with Gasteiger partial charge in [-0.05, 0) is 36.0 Å². The molecule has 0 fully saturated rings. The standard InChI is InChI=1S/C20H25NO5S/c1-20(2)12-16-19(17(22)13-20)18(26-21-16)11-14-5-7-15(8-6-14)25-9-4-10-27(3,23)24/h5-8H,4,9-13H2,1-3H3. The Labute approximate surface area is 159 Å². The molecule has 0 saturated heterocycles. The zero-order chi connectivity index (χ0) is 19.7. The fourth-order valence-corrected chi connectivity index (χ4v) is 4.00. The van der Waals surface area contributed by atoms with Crippen molar-refractivity contribution < 1.29 is 22.5 Å². The van der Waals surface area contributed by atoms with E-state index in [0.717, 1.165) is 17.7 Å². The first kappa shape index (κ1) is 19.6. The second-order valence-electron chi connectivity index (χ2n) is 8.02. The summed E-state index contributed by atoms with van der Waals surface area (Å²) in [5.41, 5.74) is 2.33. The van der Waals surface area contributed by atoms with Crippen LogP contribution in [0.15, 0.2) is 28.8 Å². The van der Waals surface area contributed by atoms with E-state index in [-0.39, 0.29) is 17.0 Å². The van der Waals surface area contributed by atoms with Crippen LogP contribution in [-0.2, 0) is 22.7 Å². The predicted molar refractivity (Wildman–Crippen MR) is 102 cm³/mol. The highest BCUT2D eigenvalue weighted by molar-refractivity contribution is 7.90. The average molecular weight is 391 g/mol. The van der Waals surface area contributed by atoms with Crippen LogP contribution in [0.4, 0.5) is 0 Å². The summed E-state index contributed by atoms with van der Waals surface area (Å²) in [6.07, 6.45) is 3.44. The fourth-order valence-electron chi connectivity index (χ4n) is 3.36. The van der Waals surface area contributed by atoms with Gasteiger partial charge in [0.15, 0.2) is 11.5 Å². The number of ether oxygens (including phenoxy) is 1. The van der Waals surface area contributed by atoms with Gasteiger partial charge in [0.1, 0.15) is 15.6 Å². The van der Waals surface area contributed by atoms with Crippen LogP contribution in [0.3, 0.4) is 0 Å². The maximum absolute atomic E-state index is 12.5. The van der Waals surface area contributed by atoms with Crippen molar-refractivity contribution in [3.63, 3.8) is 0 Å². The Morgan fingerprint density at radius 2 is 1.89 bits per heavy atom. The highest BCUT2D eigenvalue weighted by Gasteiger charge is 2.35. The molecule has 27 heavy (non-hydrogen) atoms. The average Bonchev–Trinajstić information content (AvgIpc) is 2.93. The second kappa shape index (κ2) is 7.46. The van der Waals surface area contributed by atoms with Gasteiger partial charge in [0.25, 0.3) is 0 Å². The van der Waals surface area contributed by atoms with Crippen LogP contribution in [0.5, 0.6) is 5.75 Å². The van der Waals surface area contributed by atoms with E-state index in [1.165, 1.54) is 6.26 Å². The molecular weight excluding hydrogens is 366 g/mol. The van der Waals surface area contributed by atoms with Crippen molar-refractivity contribution in [3.05, 3.63) is 46.8 Å². The van der Waals surface area contributed by atoms with E-state index in [4.69, 9.17) is 9.26 Å². The molecule has 0 radical (unpaired) electrons. The molecule has 0 bridgehead atoms. The van der Waals surface area contributed by atoms with Crippen LogP contribution in [-0.4, -0.2) is 38.0 Å². The molecule has 0 aliphatic heterocycles. The molecule has 2 aromatic rings. The van der Waals surface area contributed by atoms with Crippen molar-refractivity contribution in [2.24, 2.45) is 5.41 Å². The first-order valence-corrected chi connectivity index (χ1v) is 11.1. The summed E-state index contributed by atoms with van der Waals surface area (Å²) < 4.78 is 33.2. The van der Waals surface area contributed by atoms with E-state index in [0.29, 0.717) is 42.9 Å². The van der Waals surface area contributed by atoms with Crippen LogP contribution in [0.25, 0.3) is 0 Å². The SMILES string of the molecule is CC1(C)CC(=O)c2c(noc2Cc2ccc(OCCCS(C)(=O)=O)cc2)C1. The normalized spacial score (nSPS) is 16.2. The molecule has 1 aromatic carbocycles. The molecular formula is C20H25NO5S. The van der Waals surface area contributed by atoms with Gasteiger partial charge in [0.2, 0.25) is 0 Å². The van der Waals surface area contributed by atoms with Crippen molar-refractivity contribution in [1.29, 1.82) is 0 Å². The van der Waals surface area contributed by atoms with Crippen molar-refractivity contribution in [3.8, 4) is 5.75 Å². The van der Waals surface area contributed by atoms with Gasteiger partial charge in [0.05, 0.1) is 23.6 Å². The lowest BCUT2D eigenvalue weighted by molar-refractivity contribution is 0.0911. The van der Waals surface area contributed by atoms with Gasteiger partial charge in [-0.15, -0.1) is 0 Å². The molecule has 0 spiro atoms. The Morgan fingerprint density at radius 1 is 1.19 bits per heavy atom. The Kier molecular flexibility index (Phi) is 5.42. The number of ketones is 1. The molecule has 0 N–H and O–H groups in total. The van der Waals surface area contributed by atoms with Crippen LogP contribution in [0.2, 0.25) is 0 Å². The number of fused-ring (bicyclic) bond motifs is 1. The minimum absolute atomic E-state index is 0.0751. The van der Waals surface area contributed by atoms with Gasteiger partial charge in [0, 0.05) is 19.1 Å². The molecule has 1 aliphatic carbocycles. The number of sulfone groups is 1. The number of carbonyl (C=O) groups is 1. The maximum atomic E-state index is 12.5. The lowest BCUT2D eigenvalue weighted by Crippen LogP contribution is -2.27. The maximum Gasteiger partial charge on any atom is 0.168 e. The number of hydrogen-bond acceptors (Lipinski definition) is 6. The summed E-state index contributed by atoms with van der Waals surface area (Å²) in [4.78, 5) is 12.5. The van der Waals surface area contributed by atoms with Crippen molar-refractivity contribution in [1.82, 2.24) is 5.16 Å². The molecule has 1 heterocycles. The highest BCUT2D eigenvalue weighted by Crippen LogP contribution is 2.36. The molecule has 3 rings (SSSR count). The van der Waals surface area contributed by atoms with E-state index < -0.39 is 9.84 Å². The van der Waals surface area contributed by atoms with E-state index in [1.807, 2.05) is 24.3 Å². The van der Waals surface area contributed by atoms with Crippen molar-refractivity contribution in [2.45, 2.75) is 39.5 Å². The second-order valence-corrected chi connectivity index (χ2v) is 10.3. The van der Waals surface area contributed by atoms with E-state index in [2.05, 4.69) is 19.0 Å². The van der Waals surface area contributed by atoms with Gasteiger partial charge in [-0.1, -0.05) is 31.1 Å². The Bertz CT molecular complexity index is 926. The molecule has 1 aromatic heterocycles. The molecule has 6 nitrogen and oxygen atoms in total. The lowest BCUT2D eigenvalue weighted by atomic mass is 9.75. The third kappa shape index (κ3) is 5.19. The minimum atomic E-state index is -2.96. The summed E-state index contributed by atoms with van der Waals surface area (Å²) in [6, 6.07) is 7.50. The van der Waals surface area contributed by atoms with Crippen LogP contribution < -0.4 is 4.74 Å². The number of Topliss-reactive ketones (excluding diaryl/α,β-unsaturated/α-hetero) is 1. The number of aromatic nitrogens is 1. The largest absolute Gasteiger partial charge is 0.494 e. The Morgan fingerprint density at radius 3 is 2.56 bits per heavy atom. The van der Waals surface area contributed by atoms with Crippen LogP contribution in [0.1, 0.15) is 54.1 Å². The Hall–Kier alpha value is -2.15. The highest BCUT2D eigenvalue weighted by atomic mass is 32.2. The number of rotatable bonds is 7. The first-order valence-electron chi connectivity index (χ1n) is 9.03. The minimum Gasteiger partial charge on any atom is -0.494 e. The lowest BCUT2D eigenvalue weighted by Gasteiger charge is -2.26. The zero-order valence-corrected chi connectivity index (χ0v) is 16.8. The van der Waals surface area contributed by atoms with Gasteiger partial charge in [-0.3, -0.25) is 4.79 Å². The molecule has 0 amide bonds. The fraction of sp³-hybridized carbons (Fsp3) is 0.500. The van der Waals surface area contributed by atoms with Crippen LogP contribution in [0, 0.1) is 5.41 Å². The first-order chi connectivity index (χ1) is 12.6. The van der Waals surface area contributed by atoms with Gasteiger partial charge >= 0.3 is 0 Å². The molecule has 7 heteroatoms. The number of nitrogens with zero attached hydrogens (tertiary/aromatic N) is 1. The summed E-state index contributed by atoms with van der Waals surface area (Å²) >= 11 is 0. The molecule has 1 aliphatic rings. The van der Waals surface area contributed by atoms with Crippen molar-refractivity contribution in [2.75, 3.05) is 18.6 Å². The van der Waals surface area contributed by atoms with Gasteiger partial charge in [-0.2, -0.15) is 0 Å². The van der Waals surface area contributed by atoms with Crippen molar-refractivity contribution >= 4 is 15.6 Å². The smallest absolute Gasteiger partial charge is 0.168 e. The van der Waals surface area contributed by atoms with Gasteiger partial charge in [-0.25, -0.2) is 8.42 Å². The summed E-state index contributed by atoms with van der Waals surface area (Å²) in [5, 5.41) is 4.12. The third-order valence-electron chi connectivity index (χ3n) is 4.61. The Balaban J connectivity index is 1.61. The number of hydrogen-bond donors (Lipinski definition) is 0. The zero-order valence-electron chi connectivity index (χ0n) is 15.9. The molecule has 0 saturated carbocycles. The van der Waals surface area contributed by atoms with E-state index in [1.54, 1.807) is 0 Å². The predicted octanol–water partition coefficient (Wildman–Crippen LogP) is 3.23. The van der Waals surface area contributed by atoms with Crippen LogP contribution >= 0.6 is 0 Å². The monoisotopic (exact) mass is 391 g/mol. The molecule has 146 valence electrons. The van der Waals surface area contributed by atoms with E-state index in [9.17, 15) is 13.2 Å². The number of carbonyl (C=O) groups excluding carboxylic acids is 1. The topological polar surface area (TPSA) is 86.5 Å². The summed E-state index contributed by atoms with van der Waals surface area (Å²) in [5.74, 6) is 1.52. The van der Waals surface area contributed by atoms with E-state index >= 15 is 0 Å². The third-order valence-corrected chi connectivity index (χ3v) is 5.64. The van der Waals surface area contributed by atoms with Gasteiger partial charge < -0.3 is 9.26 Å². The molecule has 0 atom stereocenters.